The van der Waals surface area contributed by atoms with Crippen molar-refractivity contribution in [1.82, 2.24) is 9.62 Å². The van der Waals surface area contributed by atoms with Crippen LogP contribution >= 0.6 is 11.3 Å². The van der Waals surface area contributed by atoms with Gasteiger partial charge in [0.2, 0.25) is 0 Å². The first-order valence-electron chi connectivity index (χ1n) is 9.88. The maximum atomic E-state index is 12.6. The predicted molar refractivity (Wildman–Crippen MR) is 115 cm³/mol. The van der Waals surface area contributed by atoms with Crippen molar-refractivity contribution in [2.24, 2.45) is 0 Å². The van der Waals surface area contributed by atoms with Gasteiger partial charge < -0.3 is 10.1 Å². The number of carbonyl (C=O) groups is 1. The van der Waals surface area contributed by atoms with Crippen LogP contribution in [0, 0.1) is 0 Å². The van der Waals surface area contributed by atoms with E-state index in [4.69, 9.17) is 4.74 Å². The maximum absolute atomic E-state index is 12.6. The molecule has 158 valence electrons. The van der Waals surface area contributed by atoms with Gasteiger partial charge in [0.1, 0.15) is 9.96 Å². The molecule has 1 fully saturated rings. The zero-order valence-corrected chi connectivity index (χ0v) is 18.6. The first-order chi connectivity index (χ1) is 13.8. The molecular weight excluding hydrogens is 408 g/mol. The molecule has 0 bridgehead atoms. The van der Waals surface area contributed by atoms with E-state index in [2.05, 4.69) is 19.2 Å². The summed E-state index contributed by atoms with van der Waals surface area (Å²) in [5.74, 6) is 0.922. The molecule has 1 amide bonds. The second-order valence-corrected chi connectivity index (χ2v) is 10.7. The van der Waals surface area contributed by atoms with Gasteiger partial charge in [-0.3, -0.25) is 4.79 Å². The number of benzene rings is 1. The van der Waals surface area contributed by atoms with Gasteiger partial charge in [-0.15, -0.1) is 11.3 Å². The summed E-state index contributed by atoms with van der Waals surface area (Å²) in [4.78, 5) is 12.5. The van der Waals surface area contributed by atoms with Crippen LogP contribution in [0.2, 0.25) is 0 Å². The average molecular weight is 437 g/mol. The molecule has 1 aromatic heterocycles. The van der Waals surface area contributed by atoms with Crippen molar-refractivity contribution in [1.29, 1.82) is 0 Å². The van der Waals surface area contributed by atoms with E-state index in [0.717, 1.165) is 0 Å². The van der Waals surface area contributed by atoms with Crippen LogP contribution in [0.4, 0.5) is 0 Å². The lowest BCUT2D eigenvalue weighted by atomic mass is 10.0. The van der Waals surface area contributed by atoms with Gasteiger partial charge in [-0.1, -0.05) is 32.0 Å². The zero-order valence-electron chi connectivity index (χ0n) is 17.0. The van der Waals surface area contributed by atoms with Gasteiger partial charge in [-0.05, 0) is 54.8 Å². The van der Waals surface area contributed by atoms with Gasteiger partial charge in [0.05, 0.1) is 0 Å². The summed E-state index contributed by atoms with van der Waals surface area (Å²) in [6.45, 7) is 6.78. The fourth-order valence-corrected chi connectivity index (χ4v) is 5.90. The molecule has 0 saturated carbocycles. The second kappa shape index (κ2) is 9.28. The van der Waals surface area contributed by atoms with Crippen molar-refractivity contribution >= 4 is 27.3 Å². The minimum Gasteiger partial charge on any atom is -0.481 e. The Kier molecular flexibility index (Phi) is 6.97. The van der Waals surface area contributed by atoms with Crippen LogP contribution in [0.1, 0.15) is 45.1 Å². The molecule has 0 radical (unpaired) electrons. The number of piperidine rings is 1. The average Bonchev–Trinajstić information content (AvgIpc) is 3.24. The van der Waals surface area contributed by atoms with E-state index in [1.807, 2.05) is 24.3 Å². The highest BCUT2D eigenvalue weighted by Crippen LogP contribution is 2.24. The number of hydrogen-bond donors (Lipinski definition) is 1. The van der Waals surface area contributed by atoms with Crippen LogP contribution in [0.3, 0.4) is 0 Å². The lowest BCUT2D eigenvalue weighted by molar-refractivity contribution is -0.128. The Morgan fingerprint density at radius 2 is 1.79 bits per heavy atom. The number of sulfonamides is 1. The van der Waals surface area contributed by atoms with Crippen LogP contribution in [0.25, 0.3) is 0 Å². The van der Waals surface area contributed by atoms with E-state index in [0.29, 0.717) is 41.8 Å². The standard InChI is InChI=1S/C21H28N2O4S2/c1-15(2)17-6-8-19(9-7-17)27-16(3)21(24)22-18-10-12-23(13-11-18)29(25,26)20-5-4-14-28-20/h4-9,14-16,18H,10-13H2,1-3H3,(H,22,24). The summed E-state index contributed by atoms with van der Waals surface area (Å²) in [6.07, 6.45) is 0.561. The van der Waals surface area contributed by atoms with Crippen LogP contribution in [0.5, 0.6) is 5.75 Å². The molecule has 0 aliphatic carbocycles. The molecule has 1 N–H and O–H groups in total. The Bertz CT molecular complexity index is 901. The second-order valence-electron chi connectivity index (χ2n) is 7.60. The SMILES string of the molecule is CC(Oc1ccc(C(C)C)cc1)C(=O)NC1CCN(S(=O)(=O)c2cccs2)CC1. The third kappa shape index (κ3) is 5.38. The third-order valence-corrected chi connectivity index (χ3v) is 8.39. The Morgan fingerprint density at radius 3 is 2.34 bits per heavy atom. The van der Waals surface area contributed by atoms with E-state index in [1.54, 1.807) is 24.4 Å². The van der Waals surface area contributed by atoms with Crippen molar-refractivity contribution in [2.75, 3.05) is 13.1 Å². The van der Waals surface area contributed by atoms with E-state index >= 15 is 0 Å². The highest BCUT2D eigenvalue weighted by Gasteiger charge is 2.31. The molecular formula is C21H28N2O4S2. The summed E-state index contributed by atoms with van der Waals surface area (Å²) in [5, 5.41) is 4.75. The fourth-order valence-electron chi connectivity index (χ4n) is 3.29. The number of rotatable bonds is 7. The summed E-state index contributed by atoms with van der Waals surface area (Å²) in [7, 11) is -3.42. The Hall–Kier alpha value is -1.90. The molecule has 1 aliphatic heterocycles. The number of nitrogens with zero attached hydrogens (tertiary/aromatic N) is 1. The van der Waals surface area contributed by atoms with E-state index in [-0.39, 0.29) is 11.9 Å². The summed E-state index contributed by atoms with van der Waals surface area (Å²) in [6, 6.07) is 11.1. The zero-order chi connectivity index (χ0) is 21.0. The van der Waals surface area contributed by atoms with E-state index < -0.39 is 16.1 Å². The largest absolute Gasteiger partial charge is 0.481 e. The normalized spacial score (nSPS) is 17.2. The van der Waals surface area contributed by atoms with Crippen LogP contribution < -0.4 is 10.1 Å². The molecule has 1 aliphatic rings. The molecule has 2 heterocycles. The van der Waals surface area contributed by atoms with Gasteiger partial charge in [0.25, 0.3) is 15.9 Å². The van der Waals surface area contributed by atoms with Crippen LogP contribution in [0.15, 0.2) is 46.0 Å². The lowest BCUT2D eigenvalue weighted by Crippen LogP contribution is -2.49. The molecule has 8 heteroatoms. The fraction of sp³-hybridized carbons (Fsp3) is 0.476. The maximum Gasteiger partial charge on any atom is 0.260 e. The van der Waals surface area contributed by atoms with E-state index in [1.165, 1.54) is 21.2 Å². The minimum atomic E-state index is -3.42. The number of thiophene rings is 1. The third-order valence-electron chi connectivity index (χ3n) is 5.12. The monoisotopic (exact) mass is 436 g/mol. The topological polar surface area (TPSA) is 75.7 Å². The molecule has 1 saturated heterocycles. The quantitative estimate of drug-likeness (QED) is 0.719. The highest BCUT2D eigenvalue weighted by atomic mass is 32.2. The van der Waals surface area contributed by atoms with Gasteiger partial charge in [0, 0.05) is 19.1 Å². The number of ether oxygens (including phenoxy) is 1. The summed E-state index contributed by atoms with van der Waals surface area (Å²) < 4.78 is 32.8. The van der Waals surface area contributed by atoms with Gasteiger partial charge >= 0.3 is 0 Å². The lowest BCUT2D eigenvalue weighted by Gasteiger charge is -2.31. The highest BCUT2D eigenvalue weighted by molar-refractivity contribution is 7.91. The van der Waals surface area contributed by atoms with Crippen LogP contribution in [-0.4, -0.2) is 43.9 Å². The molecule has 0 spiro atoms. The Balaban J connectivity index is 1.49. The number of nitrogens with one attached hydrogen (secondary N) is 1. The minimum absolute atomic E-state index is 0.0494. The van der Waals surface area contributed by atoms with Gasteiger partial charge in [-0.25, -0.2) is 8.42 Å². The van der Waals surface area contributed by atoms with Gasteiger partial charge in [-0.2, -0.15) is 4.31 Å². The summed E-state index contributed by atoms with van der Waals surface area (Å²) in [5.41, 5.74) is 1.22. The molecule has 2 aromatic rings. The first kappa shape index (κ1) is 21.8. The number of hydrogen-bond acceptors (Lipinski definition) is 5. The van der Waals surface area contributed by atoms with Crippen molar-refractivity contribution in [3.05, 3.63) is 47.3 Å². The number of amides is 1. The van der Waals surface area contributed by atoms with Crippen molar-refractivity contribution in [3.63, 3.8) is 0 Å². The predicted octanol–water partition coefficient (Wildman–Crippen LogP) is 3.61. The molecule has 1 aromatic carbocycles. The molecule has 1 unspecified atom stereocenters. The van der Waals surface area contributed by atoms with Gasteiger partial charge in [0.15, 0.2) is 6.10 Å². The Labute approximate surface area is 176 Å². The first-order valence-corrected chi connectivity index (χ1v) is 12.2. The number of carbonyl (C=O) groups excluding carboxylic acids is 1. The van der Waals surface area contributed by atoms with Crippen molar-refractivity contribution in [2.45, 2.75) is 55.9 Å². The molecule has 6 nitrogen and oxygen atoms in total. The van der Waals surface area contributed by atoms with Crippen molar-refractivity contribution < 1.29 is 17.9 Å². The molecule has 29 heavy (non-hydrogen) atoms. The molecule has 3 rings (SSSR count). The summed E-state index contributed by atoms with van der Waals surface area (Å²) >= 11 is 1.23. The van der Waals surface area contributed by atoms with Crippen molar-refractivity contribution in [3.8, 4) is 5.75 Å². The smallest absolute Gasteiger partial charge is 0.260 e. The Morgan fingerprint density at radius 1 is 1.14 bits per heavy atom. The van der Waals surface area contributed by atoms with Crippen LogP contribution in [-0.2, 0) is 14.8 Å². The molecule has 1 atom stereocenters. The van der Waals surface area contributed by atoms with E-state index in [9.17, 15) is 13.2 Å².